The van der Waals surface area contributed by atoms with Crippen molar-refractivity contribution in [3.05, 3.63) is 29.3 Å². The lowest BCUT2D eigenvalue weighted by molar-refractivity contribution is -0.132. The quantitative estimate of drug-likeness (QED) is 0.787. The molecular weight excluding hydrogens is 284 g/mol. The molecule has 0 heterocycles. The maximum Gasteiger partial charge on any atom is 0.142 e. The number of fused-ring (bicyclic) bond motifs is 5. The molecule has 0 bridgehead atoms. The zero-order valence-corrected chi connectivity index (χ0v) is 14.6. The van der Waals surface area contributed by atoms with Gasteiger partial charge in [-0.05, 0) is 79.5 Å². The number of ether oxygens (including phenoxy) is 1. The van der Waals surface area contributed by atoms with E-state index in [-0.39, 0.29) is 5.41 Å². The third-order valence-corrected chi connectivity index (χ3v) is 7.29. The van der Waals surface area contributed by atoms with Gasteiger partial charge in [0.15, 0.2) is 0 Å². The van der Waals surface area contributed by atoms with Crippen molar-refractivity contribution in [3.8, 4) is 5.75 Å². The summed E-state index contributed by atoms with van der Waals surface area (Å²) < 4.78 is 5.40. The minimum atomic E-state index is -0.0359. The lowest BCUT2D eigenvalue weighted by atomic mass is 9.55. The summed E-state index contributed by atoms with van der Waals surface area (Å²) in [5, 5.41) is 0. The highest BCUT2D eigenvalue weighted by atomic mass is 16.5. The number of carbonyl (C=O) groups excluding carboxylic acids is 1. The van der Waals surface area contributed by atoms with Crippen LogP contribution in [0.2, 0.25) is 0 Å². The predicted molar refractivity (Wildman–Crippen MR) is 91.8 cm³/mol. The van der Waals surface area contributed by atoms with Gasteiger partial charge in [-0.25, -0.2) is 0 Å². The molecule has 0 N–H and O–H groups in total. The Kier molecular flexibility index (Phi) is 3.55. The monoisotopic (exact) mass is 312 g/mol. The van der Waals surface area contributed by atoms with Crippen LogP contribution in [0.15, 0.2) is 18.2 Å². The summed E-state index contributed by atoms with van der Waals surface area (Å²) in [5.41, 5.74) is 2.98. The summed E-state index contributed by atoms with van der Waals surface area (Å²) in [4.78, 5) is 12.9. The summed E-state index contributed by atoms with van der Waals surface area (Å²) in [5.74, 6) is 3.84. The van der Waals surface area contributed by atoms with Gasteiger partial charge in [0.2, 0.25) is 0 Å². The molecule has 0 aromatic heterocycles. The molecule has 124 valence electrons. The maximum absolute atomic E-state index is 12.9. The highest BCUT2D eigenvalue weighted by Gasteiger charge is 2.57. The molecule has 23 heavy (non-hydrogen) atoms. The fourth-order valence-corrected chi connectivity index (χ4v) is 5.98. The zero-order chi connectivity index (χ0) is 16.2. The first kappa shape index (κ1) is 15.2. The van der Waals surface area contributed by atoms with Crippen LogP contribution in [0.1, 0.15) is 63.0 Å². The van der Waals surface area contributed by atoms with E-state index in [1.54, 1.807) is 7.11 Å². The molecule has 0 spiro atoms. The molecule has 0 aliphatic heterocycles. The molecule has 0 amide bonds. The van der Waals surface area contributed by atoms with Gasteiger partial charge in [0.05, 0.1) is 7.11 Å². The molecule has 5 atom stereocenters. The van der Waals surface area contributed by atoms with Crippen LogP contribution in [-0.4, -0.2) is 12.9 Å². The van der Waals surface area contributed by atoms with Crippen LogP contribution in [-0.2, 0) is 11.2 Å². The molecule has 0 radical (unpaired) electrons. The summed E-state index contributed by atoms with van der Waals surface area (Å²) in [6.07, 6.45) is 6.81. The molecule has 0 saturated heterocycles. The number of ketones is 1. The van der Waals surface area contributed by atoms with Crippen LogP contribution < -0.4 is 4.74 Å². The Labute approximate surface area is 139 Å². The van der Waals surface area contributed by atoms with Crippen molar-refractivity contribution in [2.24, 2.45) is 23.2 Å². The Hall–Kier alpha value is -1.31. The van der Waals surface area contributed by atoms with E-state index in [2.05, 4.69) is 32.0 Å². The molecule has 4 rings (SSSR count). The third-order valence-electron chi connectivity index (χ3n) is 7.29. The van der Waals surface area contributed by atoms with Crippen LogP contribution in [0.25, 0.3) is 0 Å². The summed E-state index contributed by atoms with van der Waals surface area (Å²) in [7, 11) is 1.74. The number of carbonyl (C=O) groups is 1. The Morgan fingerprint density at radius 3 is 2.87 bits per heavy atom. The molecule has 2 nitrogen and oxygen atoms in total. The van der Waals surface area contributed by atoms with Gasteiger partial charge < -0.3 is 4.74 Å². The molecule has 1 aromatic rings. The predicted octanol–water partition coefficient (Wildman–Crippen LogP) is 4.76. The van der Waals surface area contributed by atoms with Crippen LogP contribution >= 0.6 is 0 Å². The van der Waals surface area contributed by atoms with E-state index < -0.39 is 0 Å². The second kappa shape index (κ2) is 5.36. The van der Waals surface area contributed by atoms with Crippen molar-refractivity contribution in [3.63, 3.8) is 0 Å². The summed E-state index contributed by atoms with van der Waals surface area (Å²) >= 11 is 0. The third kappa shape index (κ3) is 2.10. The lowest BCUT2D eigenvalue weighted by Crippen LogP contribution is -2.42. The highest BCUT2D eigenvalue weighted by Crippen LogP contribution is 2.61. The summed E-state index contributed by atoms with van der Waals surface area (Å²) in [6.45, 7) is 4.46. The first-order valence-electron chi connectivity index (χ1n) is 9.29. The number of aryl methyl sites for hydroxylation is 1. The van der Waals surface area contributed by atoms with Gasteiger partial charge in [0.25, 0.3) is 0 Å². The maximum atomic E-state index is 12.9. The Morgan fingerprint density at radius 1 is 1.30 bits per heavy atom. The van der Waals surface area contributed by atoms with Crippen molar-refractivity contribution >= 4 is 5.78 Å². The van der Waals surface area contributed by atoms with E-state index in [4.69, 9.17) is 4.74 Å². The van der Waals surface area contributed by atoms with E-state index in [1.807, 2.05) is 0 Å². The molecule has 2 heteroatoms. The van der Waals surface area contributed by atoms with Crippen molar-refractivity contribution in [1.82, 2.24) is 0 Å². The van der Waals surface area contributed by atoms with Gasteiger partial charge in [-0.1, -0.05) is 19.9 Å². The topological polar surface area (TPSA) is 26.3 Å². The number of hydrogen-bond acceptors (Lipinski definition) is 2. The average Bonchev–Trinajstić information content (AvgIpc) is 2.85. The smallest absolute Gasteiger partial charge is 0.142 e. The molecule has 3 aliphatic carbocycles. The Bertz CT molecular complexity index is 635. The SMILES string of the molecule is CC[C@@H]1C[C@H]2[C@@H]3CCc4cc(OC)ccc4[C@H]3CC[C@]2(C)C1=O. The molecule has 1 aromatic carbocycles. The van der Waals surface area contributed by atoms with Crippen molar-refractivity contribution in [1.29, 1.82) is 0 Å². The number of hydrogen-bond donors (Lipinski definition) is 0. The normalized spacial score (nSPS) is 38.7. The number of benzene rings is 1. The molecular formula is C21H28O2. The van der Waals surface area contributed by atoms with Gasteiger partial charge >= 0.3 is 0 Å². The average molecular weight is 312 g/mol. The van der Waals surface area contributed by atoms with Crippen molar-refractivity contribution in [2.45, 2.75) is 58.3 Å². The Morgan fingerprint density at radius 2 is 2.13 bits per heavy atom. The fourth-order valence-electron chi connectivity index (χ4n) is 5.98. The van der Waals surface area contributed by atoms with E-state index >= 15 is 0 Å². The van der Waals surface area contributed by atoms with Gasteiger partial charge in [-0.15, -0.1) is 0 Å². The van der Waals surface area contributed by atoms with Crippen LogP contribution in [0.4, 0.5) is 0 Å². The lowest BCUT2D eigenvalue weighted by Gasteiger charge is -2.48. The van der Waals surface area contributed by atoms with Gasteiger partial charge in [0.1, 0.15) is 11.5 Å². The molecule has 0 unspecified atom stereocenters. The molecule has 2 saturated carbocycles. The number of rotatable bonds is 2. The standard InChI is InChI=1S/C21H28O2/c1-4-13-12-19-18-7-5-14-11-15(23-3)6-8-16(14)17(18)9-10-21(19,2)20(13)22/h6,8,11,13,17-19H,4-5,7,9-10,12H2,1-3H3/t13-,17-,18-,19+,21+/m1/s1. The molecule has 2 fully saturated rings. The number of methoxy groups -OCH3 is 1. The van der Waals surface area contributed by atoms with E-state index in [9.17, 15) is 4.79 Å². The van der Waals surface area contributed by atoms with Crippen LogP contribution in [0.3, 0.4) is 0 Å². The van der Waals surface area contributed by atoms with Crippen molar-refractivity contribution < 1.29 is 9.53 Å². The minimum absolute atomic E-state index is 0.0359. The number of Topliss-reactive ketones (excluding diaryl/α,β-unsaturated/α-hetero) is 1. The second-order valence-corrected chi connectivity index (χ2v) is 8.14. The highest BCUT2D eigenvalue weighted by molar-refractivity contribution is 5.89. The molecule has 3 aliphatic rings. The second-order valence-electron chi connectivity index (χ2n) is 8.14. The van der Waals surface area contributed by atoms with Crippen LogP contribution in [0.5, 0.6) is 5.75 Å². The fraction of sp³-hybridized carbons (Fsp3) is 0.667. The van der Waals surface area contributed by atoms with Crippen molar-refractivity contribution in [2.75, 3.05) is 7.11 Å². The van der Waals surface area contributed by atoms with Gasteiger partial charge in [-0.2, -0.15) is 0 Å². The van der Waals surface area contributed by atoms with E-state index in [0.29, 0.717) is 29.5 Å². The first-order valence-corrected chi connectivity index (χ1v) is 9.29. The van der Waals surface area contributed by atoms with Gasteiger partial charge in [-0.3, -0.25) is 4.79 Å². The van der Waals surface area contributed by atoms with Gasteiger partial charge in [0, 0.05) is 11.3 Å². The Balaban J connectivity index is 1.68. The van der Waals surface area contributed by atoms with Crippen LogP contribution in [0, 0.1) is 23.2 Å². The van der Waals surface area contributed by atoms with E-state index in [0.717, 1.165) is 31.4 Å². The minimum Gasteiger partial charge on any atom is -0.497 e. The first-order chi connectivity index (χ1) is 11.1. The summed E-state index contributed by atoms with van der Waals surface area (Å²) in [6, 6.07) is 6.64. The largest absolute Gasteiger partial charge is 0.497 e. The zero-order valence-electron chi connectivity index (χ0n) is 14.6. The van der Waals surface area contributed by atoms with E-state index in [1.165, 1.54) is 24.0 Å².